The van der Waals surface area contributed by atoms with Gasteiger partial charge in [-0.3, -0.25) is 9.59 Å². The van der Waals surface area contributed by atoms with Gasteiger partial charge >= 0.3 is 5.97 Å². The Hall–Kier alpha value is -2.76. The molecule has 0 saturated carbocycles. The predicted octanol–water partition coefficient (Wildman–Crippen LogP) is 3.17. The van der Waals surface area contributed by atoms with E-state index in [2.05, 4.69) is 24.0 Å². The number of carboxylic acid groups (broad SMARTS) is 1. The first-order valence-electron chi connectivity index (χ1n) is 8.93. The van der Waals surface area contributed by atoms with E-state index in [1.165, 1.54) is 16.7 Å². The highest BCUT2D eigenvalue weighted by Crippen LogP contribution is 2.33. The van der Waals surface area contributed by atoms with Gasteiger partial charge in [-0.05, 0) is 37.5 Å². The lowest BCUT2D eigenvalue weighted by Crippen LogP contribution is -2.37. The van der Waals surface area contributed by atoms with Crippen molar-refractivity contribution in [1.29, 1.82) is 0 Å². The summed E-state index contributed by atoms with van der Waals surface area (Å²) in [5, 5.41) is 9.07. The molecule has 0 aliphatic carbocycles. The van der Waals surface area contributed by atoms with E-state index in [9.17, 15) is 9.59 Å². The van der Waals surface area contributed by atoms with Gasteiger partial charge in [0.2, 0.25) is 0 Å². The van der Waals surface area contributed by atoms with Crippen molar-refractivity contribution in [3.8, 4) is 0 Å². The van der Waals surface area contributed by atoms with Crippen LogP contribution in [0.4, 0.5) is 5.69 Å². The van der Waals surface area contributed by atoms with Crippen LogP contribution in [0, 0.1) is 0 Å². The van der Waals surface area contributed by atoms with E-state index in [0.717, 1.165) is 12.1 Å². The summed E-state index contributed by atoms with van der Waals surface area (Å²) in [6, 6.07) is 10.2. The van der Waals surface area contributed by atoms with E-state index in [1.807, 2.05) is 19.1 Å². The summed E-state index contributed by atoms with van der Waals surface area (Å²) in [6.07, 6.45) is 3.16. The van der Waals surface area contributed by atoms with Crippen molar-refractivity contribution >= 4 is 17.6 Å². The van der Waals surface area contributed by atoms with Gasteiger partial charge in [-0.25, -0.2) is 0 Å². The van der Waals surface area contributed by atoms with Gasteiger partial charge in [0.1, 0.15) is 12.3 Å². The number of rotatable bonds is 7. The number of furan rings is 1. The van der Waals surface area contributed by atoms with Gasteiger partial charge in [0, 0.05) is 18.3 Å². The van der Waals surface area contributed by atoms with Crippen LogP contribution in [0.2, 0.25) is 0 Å². The third kappa shape index (κ3) is 3.59. The highest BCUT2D eigenvalue weighted by atomic mass is 16.4. The maximum absolute atomic E-state index is 12.8. The number of hydrogen-bond acceptors (Lipinski definition) is 4. The predicted molar refractivity (Wildman–Crippen MR) is 98.3 cm³/mol. The van der Waals surface area contributed by atoms with Crippen LogP contribution < -0.4 is 4.90 Å². The average Bonchev–Trinajstić information content (AvgIpc) is 3.19. The van der Waals surface area contributed by atoms with Crippen LogP contribution in [-0.4, -0.2) is 41.0 Å². The molecule has 0 radical (unpaired) electrons. The van der Waals surface area contributed by atoms with Gasteiger partial charge in [0.05, 0.1) is 18.4 Å². The Labute approximate surface area is 153 Å². The number of carboxylic acids is 1. The van der Waals surface area contributed by atoms with E-state index in [0.29, 0.717) is 36.9 Å². The Kier molecular flexibility index (Phi) is 5.30. The fourth-order valence-corrected chi connectivity index (χ4v) is 3.53. The van der Waals surface area contributed by atoms with Crippen molar-refractivity contribution in [2.45, 2.75) is 39.3 Å². The highest BCUT2D eigenvalue weighted by Gasteiger charge is 2.29. The van der Waals surface area contributed by atoms with Crippen molar-refractivity contribution in [2.75, 3.05) is 18.0 Å². The zero-order valence-corrected chi connectivity index (χ0v) is 15.1. The Morgan fingerprint density at radius 2 is 2.08 bits per heavy atom. The zero-order chi connectivity index (χ0) is 18.7. The number of fused-ring (bicyclic) bond motifs is 1. The molecule has 2 heterocycles. The highest BCUT2D eigenvalue weighted by molar-refractivity contribution is 5.96. The summed E-state index contributed by atoms with van der Waals surface area (Å²) in [5.41, 5.74) is 2.89. The summed E-state index contributed by atoms with van der Waals surface area (Å²) in [5.74, 6) is -0.734. The molecule has 6 nitrogen and oxygen atoms in total. The molecule has 1 atom stereocenters. The van der Waals surface area contributed by atoms with Crippen LogP contribution in [-0.2, 0) is 17.8 Å². The van der Waals surface area contributed by atoms with Gasteiger partial charge in [-0.1, -0.05) is 25.1 Å². The molecule has 1 aliphatic rings. The number of anilines is 1. The summed E-state index contributed by atoms with van der Waals surface area (Å²) in [4.78, 5) is 27.5. The molecule has 1 amide bonds. The fraction of sp³-hybridized carbons (Fsp3) is 0.400. The molecule has 1 N–H and O–H groups in total. The van der Waals surface area contributed by atoms with Gasteiger partial charge in [-0.15, -0.1) is 0 Å². The monoisotopic (exact) mass is 356 g/mol. The van der Waals surface area contributed by atoms with Crippen LogP contribution in [0.3, 0.4) is 0 Å². The summed E-state index contributed by atoms with van der Waals surface area (Å²) < 4.78 is 5.61. The molecule has 3 rings (SSSR count). The van der Waals surface area contributed by atoms with Crippen LogP contribution in [0.5, 0.6) is 0 Å². The van der Waals surface area contributed by atoms with E-state index in [-0.39, 0.29) is 12.5 Å². The number of aliphatic carboxylic acids is 1. The number of nitrogens with zero attached hydrogens (tertiary/aromatic N) is 2. The number of amides is 1. The minimum Gasteiger partial charge on any atom is -0.480 e. The first kappa shape index (κ1) is 18.0. The fourth-order valence-electron chi connectivity index (χ4n) is 3.53. The van der Waals surface area contributed by atoms with Gasteiger partial charge in [-0.2, -0.15) is 0 Å². The third-order valence-corrected chi connectivity index (χ3v) is 4.75. The molecule has 1 unspecified atom stereocenters. The topological polar surface area (TPSA) is 74.0 Å². The standard InChI is InChI=1S/C20H24N2O4/c1-3-9-21(13-19(23)24)20(25)16-8-10-26-18(16)12-22-14(2)11-15-6-4-5-7-17(15)22/h4-8,10,14H,3,9,11-13H2,1-2H3,(H,23,24). The number of benzene rings is 1. The molecule has 0 saturated heterocycles. The number of carbonyl (C=O) groups excluding carboxylic acids is 1. The van der Waals surface area contributed by atoms with Crippen molar-refractivity contribution < 1.29 is 19.1 Å². The lowest BCUT2D eigenvalue weighted by Gasteiger charge is -2.25. The maximum atomic E-state index is 12.8. The van der Waals surface area contributed by atoms with Crippen molar-refractivity contribution in [3.63, 3.8) is 0 Å². The van der Waals surface area contributed by atoms with E-state index in [4.69, 9.17) is 9.52 Å². The Balaban J connectivity index is 1.82. The second-order valence-electron chi connectivity index (χ2n) is 6.69. The largest absolute Gasteiger partial charge is 0.480 e. The Morgan fingerprint density at radius 3 is 2.81 bits per heavy atom. The van der Waals surface area contributed by atoms with Gasteiger partial charge < -0.3 is 19.3 Å². The second kappa shape index (κ2) is 7.64. The number of hydrogen-bond donors (Lipinski definition) is 1. The molecular formula is C20H24N2O4. The van der Waals surface area contributed by atoms with Crippen molar-refractivity contribution in [1.82, 2.24) is 4.90 Å². The molecule has 1 aliphatic heterocycles. The number of para-hydroxylation sites is 1. The Bertz CT molecular complexity index is 799. The Morgan fingerprint density at radius 1 is 1.31 bits per heavy atom. The smallest absolute Gasteiger partial charge is 0.323 e. The van der Waals surface area contributed by atoms with Crippen LogP contribution in [0.25, 0.3) is 0 Å². The summed E-state index contributed by atoms with van der Waals surface area (Å²) in [7, 11) is 0. The van der Waals surface area contributed by atoms with Crippen molar-refractivity contribution in [3.05, 3.63) is 53.5 Å². The van der Waals surface area contributed by atoms with Gasteiger partial charge in [0.15, 0.2) is 0 Å². The van der Waals surface area contributed by atoms with Gasteiger partial charge in [0.25, 0.3) is 5.91 Å². The molecule has 0 bridgehead atoms. The minimum absolute atomic E-state index is 0.293. The zero-order valence-electron chi connectivity index (χ0n) is 15.1. The quantitative estimate of drug-likeness (QED) is 0.825. The van der Waals surface area contributed by atoms with E-state index >= 15 is 0 Å². The molecule has 0 fully saturated rings. The molecule has 26 heavy (non-hydrogen) atoms. The maximum Gasteiger partial charge on any atom is 0.323 e. The molecule has 6 heteroatoms. The molecule has 0 spiro atoms. The molecular weight excluding hydrogens is 332 g/mol. The van der Waals surface area contributed by atoms with Crippen molar-refractivity contribution in [2.24, 2.45) is 0 Å². The molecule has 1 aromatic heterocycles. The third-order valence-electron chi connectivity index (χ3n) is 4.75. The lowest BCUT2D eigenvalue weighted by atomic mass is 10.1. The van der Waals surface area contributed by atoms with Crippen LogP contribution in [0.1, 0.15) is 41.9 Å². The summed E-state index contributed by atoms with van der Waals surface area (Å²) >= 11 is 0. The lowest BCUT2D eigenvalue weighted by molar-refractivity contribution is -0.137. The normalized spacial score (nSPS) is 15.8. The van der Waals surface area contributed by atoms with Crippen LogP contribution >= 0.6 is 0 Å². The molecule has 1 aromatic carbocycles. The summed E-state index contributed by atoms with van der Waals surface area (Å²) in [6.45, 7) is 4.65. The first-order valence-corrected chi connectivity index (χ1v) is 8.93. The SMILES string of the molecule is CCCN(CC(=O)O)C(=O)c1ccoc1CN1c2ccccc2CC1C. The van der Waals surface area contributed by atoms with E-state index in [1.54, 1.807) is 6.07 Å². The average molecular weight is 356 g/mol. The minimum atomic E-state index is -1.01. The second-order valence-corrected chi connectivity index (χ2v) is 6.69. The van der Waals surface area contributed by atoms with E-state index < -0.39 is 5.97 Å². The van der Waals surface area contributed by atoms with Crippen LogP contribution in [0.15, 0.2) is 41.0 Å². The molecule has 2 aromatic rings. The first-order chi connectivity index (χ1) is 12.5. The molecule has 138 valence electrons. The number of carbonyl (C=O) groups is 2.